The second kappa shape index (κ2) is 8.45. The molecule has 6 heteroatoms. The van der Waals surface area contributed by atoms with Gasteiger partial charge in [-0.05, 0) is 37.1 Å². The second-order valence-corrected chi connectivity index (χ2v) is 5.90. The number of hydrogen-bond donors (Lipinski definition) is 2. The van der Waals surface area contributed by atoms with Gasteiger partial charge in [-0.15, -0.1) is 0 Å². The van der Waals surface area contributed by atoms with Crippen molar-refractivity contribution in [3.8, 4) is 0 Å². The molecule has 0 radical (unpaired) electrons. The normalized spacial score (nSPS) is 10.3. The largest absolute Gasteiger partial charge is 0.352 e. The van der Waals surface area contributed by atoms with Crippen LogP contribution in [0.3, 0.4) is 0 Å². The molecule has 0 aliphatic heterocycles. The minimum atomic E-state index is -0.342. The number of nitrogens with zero attached hydrogens (tertiary/aromatic N) is 1. The summed E-state index contributed by atoms with van der Waals surface area (Å²) in [7, 11) is 0. The van der Waals surface area contributed by atoms with E-state index in [1.54, 1.807) is 12.1 Å². The van der Waals surface area contributed by atoms with Crippen LogP contribution in [-0.2, 0) is 0 Å². The zero-order chi connectivity index (χ0) is 17.5. The topological polar surface area (TPSA) is 71.1 Å². The number of anilines is 1. The molecular formula is C18H20ClN3O2. The Kier molecular flexibility index (Phi) is 6.32. The van der Waals surface area contributed by atoms with E-state index in [0.717, 1.165) is 18.4 Å². The zero-order valence-corrected chi connectivity index (χ0v) is 14.5. The Morgan fingerprint density at radius 2 is 1.83 bits per heavy atom. The Morgan fingerprint density at radius 1 is 1.12 bits per heavy atom. The van der Waals surface area contributed by atoms with Gasteiger partial charge >= 0.3 is 0 Å². The average molecular weight is 346 g/mol. The Hall–Kier alpha value is -2.40. The maximum absolute atomic E-state index is 12.3. The Bertz CT molecular complexity index is 747. The fraction of sp³-hybridized carbons (Fsp3) is 0.278. The molecule has 0 bridgehead atoms. The van der Waals surface area contributed by atoms with Gasteiger partial charge in [0.2, 0.25) is 0 Å². The third kappa shape index (κ3) is 4.80. The highest BCUT2D eigenvalue weighted by molar-refractivity contribution is 6.31. The number of rotatable bonds is 6. The summed E-state index contributed by atoms with van der Waals surface area (Å²) >= 11 is 6.05. The van der Waals surface area contributed by atoms with E-state index in [-0.39, 0.29) is 11.8 Å². The molecule has 0 aliphatic carbocycles. The number of halogens is 1. The summed E-state index contributed by atoms with van der Waals surface area (Å²) in [5.74, 6) is -0.574. The summed E-state index contributed by atoms with van der Waals surface area (Å²) in [6.45, 7) is 4.54. The van der Waals surface area contributed by atoms with E-state index in [2.05, 4.69) is 22.5 Å². The van der Waals surface area contributed by atoms with Crippen LogP contribution in [0.2, 0.25) is 5.02 Å². The summed E-state index contributed by atoms with van der Waals surface area (Å²) in [6, 6.07) is 6.81. The fourth-order valence-corrected chi connectivity index (χ4v) is 2.22. The van der Waals surface area contributed by atoms with Crippen molar-refractivity contribution < 1.29 is 9.59 Å². The van der Waals surface area contributed by atoms with E-state index in [4.69, 9.17) is 11.6 Å². The molecule has 1 aromatic heterocycles. The number of hydrogen-bond acceptors (Lipinski definition) is 3. The van der Waals surface area contributed by atoms with E-state index >= 15 is 0 Å². The number of aryl methyl sites for hydroxylation is 1. The van der Waals surface area contributed by atoms with Crippen LogP contribution in [0.4, 0.5) is 5.69 Å². The van der Waals surface area contributed by atoms with E-state index in [1.165, 1.54) is 18.5 Å². The third-order valence-corrected chi connectivity index (χ3v) is 3.92. The van der Waals surface area contributed by atoms with Crippen LogP contribution >= 0.6 is 11.6 Å². The van der Waals surface area contributed by atoms with E-state index < -0.39 is 0 Å². The summed E-state index contributed by atoms with van der Waals surface area (Å²) in [5, 5.41) is 6.13. The first-order chi connectivity index (χ1) is 11.5. The highest BCUT2D eigenvalue weighted by Gasteiger charge is 2.12. The molecular weight excluding hydrogens is 326 g/mol. The minimum absolute atomic E-state index is 0.232. The van der Waals surface area contributed by atoms with Crippen molar-refractivity contribution in [2.75, 3.05) is 11.9 Å². The number of nitrogens with one attached hydrogen (secondary N) is 2. The van der Waals surface area contributed by atoms with Crippen LogP contribution in [0, 0.1) is 6.92 Å². The molecule has 1 aromatic carbocycles. The molecule has 24 heavy (non-hydrogen) atoms. The van der Waals surface area contributed by atoms with Gasteiger partial charge in [0.25, 0.3) is 11.8 Å². The molecule has 2 N–H and O–H groups in total. The Labute approximate surface area is 146 Å². The average Bonchev–Trinajstić information content (AvgIpc) is 2.58. The number of pyridine rings is 1. The summed E-state index contributed by atoms with van der Waals surface area (Å²) in [4.78, 5) is 28.3. The highest BCUT2D eigenvalue weighted by atomic mass is 35.5. The van der Waals surface area contributed by atoms with Gasteiger partial charge in [-0.1, -0.05) is 31.0 Å². The predicted octanol–water partition coefficient (Wildman–Crippen LogP) is 3.83. The molecule has 0 aliphatic rings. The van der Waals surface area contributed by atoms with Gasteiger partial charge in [0.15, 0.2) is 0 Å². The number of amides is 2. The van der Waals surface area contributed by atoms with Crippen LogP contribution in [-0.4, -0.2) is 23.3 Å². The SMILES string of the molecule is CCCCNC(=O)c1cncc(C(=O)Nc2ccc(C)c(Cl)c2)c1. The Balaban J connectivity index is 2.08. The van der Waals surface area contributed by atoms with Gasteiger partial charge in [-0.2, -0.15) is 0 Å². The van der Waals surface area contributed by atoms with Crippen molar-refractivity contribution in [3.05, 3.63) is 58.4 Å². The standard InChI is InChI=1S/C18H20ClN3O2/c1-3-4-7-21-17(23)13-8-14(11-20-10-13)18(24)22-15-6-5-12(2)16(19)9-15/h5-6,8-11H,3-4,7H2,1-2H3,(H,21,23)(H,22,24). The van der Waals surface area contributed by atoms with Crippen molar-refractivity contribution in [2.24, 2.45) is 0 Å². The highest BCUT2D eigenvalue weighted by Crippen LogP contribution is 2.20. The number of aromatic nitrogens is 1. The molecule has 5 nitrogen and oxygen atoms in total. The molecule has 0 fully saturated rings. The lowest BCUT2D eigenvalue weighted by molar-refractivity contribution is 0.0953. The van der Waals surface area contributed by atoms with Gasteiger partial charge in [0.1, 0.15) is 0 Å². The number of carbonyl (C=O) groups excluding carboxylic acids is 2. The van der Waals surface area contributed by atoms with Crippen LogP contribution in [0.15, 0.2) is 36.7 Å². The van der Waals surface area contributed by atoms with E-state index in [0.29, 0.717) is 28.4 Å². The lowest BCUT2D eigenvalue weighted by Crippen LogP contribution is -2.25. The monoisotopic (exact) mass is 345 g/mol. The van der Waals surface area contributed by atoms with E-state index in [9.17, 15) is 9.59 Å². The van der Waals surface area contributed by atoms with Gasteiger partial charge in [0.05, 0.1) is 11.1 Å². The Morgan fingerprint density at radius 3 is 2.50 bits per heavy atom. The van der Waals surface area contributed by atoms with Crippen LogP contribution in [0.1, 0.15) is 46.0 Å². The molecule has 1 heterocycles. The lowest BCUT2D eigenvalue weighted by Gasteiger charge is -2.08. The fourth-order valence-electron chi connectivity index (χ4n) is 2.04. The smallest absolute Gasteiger partial charge is 0.257 e. The predicted molar refractivity (Wildman–Crippen MR) is 95.6 cm³/mol. The third-order valence-electron chi connectivity index (χ3n) is 3.51. The molecule has 2 aromatic rings. The minimum Gasteiger partial charge on any atom is -0.352 e. The lowest BCUT2D eigenvalue weighted by atomic mass is 10.1. The first-order valence-corrected chi connectivity index (χ1v) is 8.19. The molecule has 0 saturated heterocycles. The molecule has 0 spiro atoms. The number of benzene rings is 1. The van der Waals surface area contributed by atoms with Gasteiger partial charge in [-0.3, -0.25) is 14.6 Å². The van der Waals surface area contributed by atoms with Crippen molar-refractivity contribution >= 4 is 29.1 Å². The molecule has 0 saturated carbocycles. The first-order valence-electron chi connectivity index (χ1n) is 7.82. The van der Waals surface area contributed by atoms with Crippen molar-refractivity contribution in [3.63, 3.8) is 0 Å². The zero-order valence-electron chi connectivity index (χ0n) is 13.7. The van der Waals surface area contributed by atoms with Crippen molar-refractivity contribution in [2.45, 2.75) is 26.7 Å². The summed E-state index contributed by atoms with van der Waals surface area (Å²) < 4.78 is 0. The first kappa shape index (κ1) is 17.9. The van der Waals surface area contributed by atoms with E-state index in [1.807, 2.05) is 13.0 Å². The van der Waals surface area contributed by atoms with Crippen LogP contribution < -0.4 is 10.6 Å². The molecule has 2 amide bonds. The van der Waals surface area contributed by atoms with Gasteiger partial charge in [0, 0.05) is 29.6 Å². The summed E-state index contributed by atoms with van der Waals surface area (Å²) in [5.41, 5.74) is 2.20. The molecule has 0 atom stereocenters. The molecule has 0 unspecified atom stereocenters. The van der Waals surface area contributed by atoms with Crippen LogP contribution in [0.25, 0.3) is 0 Å². The summed E-state index contributed by atoms with van der Waals surface area (Å²) in [6.07, 6.45) is 4.78. The van der Waals surface area contributed by atoms with Crippen molar-refractivity contribution in [1.29, 1.82) is 0 Å². The quantitative estimate of drug-likeness (QED) is 0.782. The van der Waals surface area contributed by atoms with Crippen molar-refractivity contribution in [1.82, 2.24) is 10.3 Å². The maximum atomic E-state index is 12.3. The second-order valence-electron chi connectivity index (χ2n) is 5.49. The molecule has 126 valence electrons. The number of unbranched alkanes of at least 4 members (excludes halogenated alkanes) is 1. The number of carbonyl (C=O) groups is 2. The maximum Gasteiger partial charge on any atom is 0.257 e. The molecule has 2 rings (SSSR count). The van der Waals surface area contributed by atoms with Gasteiger partial charge < -0.3 is 10.6 Å². The van der Waals surface area contributed by atoms with Gasteiger partial charge in [-0.25, -0.2) is 0 Å². The van der Waals surface area contributed by atoms with Crippen LogP contribution in [0.5, 0.6) is 0 Å².